The Hall–Kier alpha value is -1.13. The number of fused-ring (bicyclic) bond motifs is 1. The Labute approximate surface area is 89.3 Å². The van der Waals surface area contributed by atoms with Crippen molar-refractivity contribution in [1.82, 2.24) is 4.98 Å². The number of nitrogens with zero attached hydrogens (tertiary/aromatic N) is 1. The number of hydrogen-bond acceptors (Lipinski definition) is 4. The van der Waals surface area contributed by atoms with E-state index in [0.29, 0.717) is 10.0 Å². The van der Waals surface area contributed by atoms with Gasteiger partial charge in [0.15, 0.2) is 0 Å². The van der Waals surface area contributed by atoms with Crippen molar-refractivity contribution in [1.29, 1.82) is 0 Å². The molecule has 2 aromatic rings. The molecule has 0 saturated carbocycles. The smallest absolute Gasteiger partial charge is 0.348 e. The second-order valence-electron chi connectivity index (χ2n) is 2.65. The van der Waals surface area contributed by atoms with E-state index in [0.717, 1.165) is 10.1 Å². The topological polar surface area (TPSA) is 39.2 Å². The van der Waals surface area contributed by atoms with E-state index in [9.17, 15) is 4.79 Å². The highest BCUT2D eigenvalue weighted by molar-refractivity contribution is 7.20. The van der Waals surface area contributed by atoms with Crippen LogP contribution in [0, 0.1) is 0 Å². The van der Waals surface area contributed by atoms with E-state index in [1.807, 2.05) is 0 Å². The third kappa shape index (κ3) is 1.58. The van der Waals surface area contributed by atoms with Gasteiger partial charge in [0, 0.05) is 16.3 Å². The van der Waals surface area contributed by atoms with Gasteiger partial charge in [-0.1, -0.05) is 11.6 Å². The van der Waals surface area contributed by atoms with E-state index in [4.69, 9.17) is 11.6 Å². The van der Waals surface area contributed by atoms with Gasteiger partial charge in [-0.3, -0.25) is 0 Å². The van der Waals surface area contributed by atoms with Crippen LogP contribution >= 0.6 is 22.9 Å². The summed E-state index contributed by atoms with van der Waals surface area (Å²) in [6.07, 6.45) is 1.64. The van der Waals surface area contributed by atoms with Gasteiger partial charge in [0.2, 0.25) is 0 Å². The average molecular weight is 228 g/mol. The lowest BCUT2D eigenvalue weighted by Gasteiger charge is -1.90. The maximum absolute atomic E-state index is 11.2. The first-order valence-corrected chi connectivity index (χ1v) is 5.03. The molecule has 0 aliphatic heterocycles. The normalized spacial score (nSPS) is 10.4. The van der Waals surface area contributed by atoms with E-state index >= 15 is 0 Å². The number of rotatable bonds is 1. The number of carbonyl (C=O) groups excluding carboxylic acids is 1. The zero-order chi connectivity index (χ0) is 10.1. The number of carbonyl (C=O) groups is 1. The second kappa shape index (κ2) is 3.55. The number of methoxy groups -OCH3 is 1. The van der Waals surface area contributed by atoms with Crippen molar-refractivity contribution in [3.8, 4) is 0 Å². The molecule has 0 amide bonds. The molecule has 0 aromatic carbocycles. The van der Waals surface area contributed by atoms with Gasteiger partial charge in [-0.25, -0.2) is 9.78 Å². The quantitative estimate of drug-likeness (QED) is 0.556. The van der Waals surface area contributed by atoms with Crippen LogP contribution in [0.1, 0.15) is 9.67 Å². The van der Waals surface area contributed by atoms with Crippen LogP contribution in [-0.2, 0) is 4.74 Å². The Balaban J connectivity index is 2.56. The molecule has 14 heavy (non-hydrogen) atoms. The maximum atomic E-state index is 11.2. The molecular formula is C9H6ClNO2S. The molecule has 0 aliphatic carbocycles. The number of halogens is 1. The molecule has 0 fully saturated rings. The summed E-state index contributed by atoms with van der Waals surface area (Å²) in [5.41, 5.74) is 0. The minimum absolute atomic E-state index is 0.331. The third-order valence-electron chi connectivity index (χ3n) is 1.75. The highest BCUT2D eigenvalue weighted by Crippen LogP contribution is 2.27. The van der Waals surface area contributed by atoms with Gasteiger partial charge < -0.3 is 4.74 Å². The Morgan fingerprint density at radius 1 is 1.57 bits per heavy atom. The maximum Gasteiger partial charge on any atom is 0.348 e. The monoisotopic (exact) mass is 227 g/mol. The predicted octanol–water partition coefficient (Wildman–Crippen LogP) is 2.74. The first kappa shape index (κ1) is 9.43. The number of hydrogen-bond donors (Lipinski definition) is 0. The molecule has 5 heteroatoms. The Morgan fingerprint density at radius 2 is 2.36 bits per heavy atom. The zero-order valence-electron chi connectivity index (χ0n) is 7.28. The van der Waals surface area contributed by atoms with Crippen molar-refractivity contribution >= 4 is 39.0 Å². The molecule has 0 aliphatic rings. The molecule has 2 heterocycles. The second-order valence-corrected chi connectivity index (χ2v) is 4.12. The van der Waals surface area contributed by atoms with Crippen LogP contribution in [0.4, 0.5) is 0 Å². The van der Waals surface area contributed by atoms with Crippen LogP contribution in [0.25, 0.3) is 10.1 Å². The molecule has 0 N–H and O–H groups in total. The summed E-state index contributed by atoms with van der Waals surface area (Å²) in [4.78, 5) is 15.7. The van der Waals surface area contributed by atoms with E-state index in [1.165, 1.54) is 18.4 Å². The van der Waals surface area contributed by atoms with Gasteiger partial charge in [0.1, 0.15) is 10.0 Å². The Morgan fingerprint density at radius 3 is 3.07 bits per heavy atom. The van der Waals surface area contributed by atoms with Crippen molar-refractivity contribution in [2.24, 2.45) is 0 Å². The van der Waals surface area contributed by atoms with E-state index < -0.39 is 0 Å². The standard InChI is InChI=1S/C9H6ClNO2S/c1-13-9(12)7-2-5-4-11-8(10)3-6(5)14-7/h2-4H,1H3. The van der Waals surface area contributed by atoms with Crippen LogP contribution in [0.5, 0.6) is 0 Å². The van der Waals surface area contributed by atoms with Crippen LogP contribution in [0.15, 0.2) is 18.3 Å². The third-order valence-corrected chi connectivity index (χ3v) is 3.04. The minimum Gasteiger partial charge on any atom is -0.465 e. The van der Waals surface area contributed by atoms with Gasteiger partial charge >= 0.3 is 5.97 Å². The number of pyridine rings is 1. The minimum atomic E-state index is -0.331. The number of thiophene rings is 1. The SMILES string of the molecule is COC(=O)c1cc2cnc(Cl)cc2s1. The van der Waals surface area contributed by atoms with Crippen LogP contribution in [0.2, 0.25) is 5.15 Å². The fourth-order valence-electron chi connectivity index (χ4n) is 1.11. The summed E-state index contributed by atoms with van der Waals surface area (Å²) in [5, 5.41) is 1.33. The summed E-state index contributed by atoms with van der Waals surface area (Å²) < 4.78 is 5.55. The van der Waals surface area contributed by atoms with Crippen LogP contribution in [-0.4, -0.2) is 18.1 Å². The molecule has 2 aromatic heterocycles. The van der Waals surface area contributed by atoms with E-state index in [2.05, 4.69) is 9.72 Å². The van der Waals surface area contributed by atoms with Gasteiger partial charge in [0.05, 0.1) is 7.11 Å². The van der Waals surface area contributed by atoms with Crippen LogP contribution in [0.3, 0.4) is 0 Å². The van der Waals surface area contributed by atoms with E-state index in [-0.39, 0.29) is 5.97 Å². The summed E-state index contributed by atoms with van der Waals surface area (Å²) >= 11 is 7.07. The van der Waals surface area contributed by atoms with Crippen LogP contribution < -0.4 is 0 Å². The molecule has 0 unspecified atom stereocenters. The lowest BCUT2D eigenvalue weighted by atomic mass is 10.3. The van der Waals surface area contributed by atoms with Crippen molar-refractivity contribution in [2.45, 2.75) is 0 Å². The lowest BCUT2D eigenvalue weighted by Crippen LogP contribution is -1.96. The van der Waals surface area contributed by atoms with Gasteiger partial charge in [-0.05, 0) is 12.1 Å². The highest BCUT2D eigenvalue weighted by Gasteiger charge is 2.10. The van der Waals surface area contributed by atoms with Gasteiger partial charge in [-0.15, -0.1) is 11.3 Å². The van der Waals surface area contributed by atoms with Crippen molar-refractivity contribution in [3.05, 3.63) is 28.4 Å². The first-order chi connectivity index (χ1) is 6.70. The molecule has 0 saturated heterocycles. The largest absolute Gasteiger partial charge is 0.465 e. The Kier molecular flexibility index (Phi) is 2.39. The molecule has 72 valence electrons. The molecule has 0 spiro atoms. The molecule has 2 rings (SSSR count). The lowest BCUT2D eigenvalue weighted by molar-refractivity contribution is 0.0606. The predicted molar refractivity (Wildman–Crippen MR) is 56.0 cm³/mol. The average Bonchev–Trinajstić information content (AvgIpc) is 2.59. The number of esters is 1. The van der Waals surface area contributed by atoms with Crippen molar-refractivity contribution < 1.29 is 9.53 Å². The summed E-state index contributed by atoms with van der Waals surface area (Å²) in [7, 11) is 1.36. The first-order valence-electron chi connectivity index (χ1n) is 3.84. The number of aromatic nitrogens is 1. The fraction of sp³-hybridized carbons (Fsp3) is 0.111. The summed E-state index contributed by atoms with van der Waals surface area (Å²) in [6, 6.07) is 3.48. The fourth-order valence-corrected chi connectivity index (χ4v) is 2.32. The molecular weight excluding hydrogens is 222 g/mol. The number of ether oxygens (including phenoxy) is 1. The highest BCUT2D eigenvalue weighted by atomic mass is 35.5. The zero-order valence-corrected chi connectivity index (χ0v) is 8.85. The van der Waals surface area contributed by atoms with Crippen molar-refractivity contribution in [2.75, 3.05) is 7.11 Å². The summed E-state index contributed by atoms with van der Waals surface area (Å²) in [5.74, 6) is -0.331. The summed E-state index contributed by atoms with van der Waals surface area (Å²) in [6.45, 7) is 0. The molecule has 0 radical (unpaired) electrons. The van der Waals surface area contributed by atoms with Gasteiger partial charge in [0.25, 0.3) is 0 Å². The van der Waals surface area contributed by atoms with E-state index in [1.54, 1.807) is 18.3 Å². The Bertz CT molecular complexity index is 495. The molecule has 0 atom stereocenters. The van der Waals surface area contributed by atoms with Gasteiger partial charge in [-0.2, -0.15) is 0 Å². The molecule has 3 nitrogen and oxygen atoms in total. The molecule has 0 bridgehead atoms. The van der Waals surface area contributed by atoms with Crippen molar-refractivity contribution in [3.63, 3.8) is 0 Å².